The van der Waals surface area contributed by atoms with Crippen molar-refractivity contribution in [1.82, 2.24) is 19.5 Å². The molecule has 3 heterocycles. The van der Waals surface area contributed by atoms with Gasteiger partial charge in [0, 0.05) is 51.4 Å². The van der Waals surface area contributed by atoms with E-state index in [1.165, 1.54) is 36.4 Å². The lowest BCUT2D eigenvalue weighted by Gasteiger charge is -2.36. The second-order valence-electron chi connectivity index (χ2n) is 11.7. The summed E-state index contributed by atoms with van der Waals surface area (Å²) in [6.45, 7) is 9.29. The molecule has 44 heavy (non-hydrogen) atoms. The van der Waals surface area contributed by atoms with Crippen LogP contribution in [-0.4, -0.2) is 69.6 Å². The Morgan fingerprint density at radius 2 is 1.68 bits per heavy atom. The van der Waals surface area contributed by atoms with E-state index in [2.05, 4.69) is 29.0 Å². The van der Waals surface area contributed by atoms with Crippen LogP contribution in [0.15, 0.2) is 65.6 Å². The maximum Gasteiger partial charge on any atom is 0.416 e. The fourth-order valence-corrected chi connectivity index (χ4v) is 7.05. The van der Waals surface area contributed by atoms with Crippen molar-refractivity contribution in [2.45, 2.75) is 50.3 Å². The average Bonchev–Trinajstić information content (AvgIpc) is 3.50. The van der Waals surface area contributed by atoms with Crippen LogP contribution in [0.4, 0.5) is 23.4 Å². The van der Waals surface area contributed by atoms with Crippen LogP contribution >= 0.6 is 0 Å². The minimum Gasteiger partial charge on any atom is -0.354 e. The zero-order valence-electron chi connectivity index (χ0n) is 24.8. The Hall–Kier alpha value is -3.35. The first-order valence-electron chi connectivity index (χ1n) is 14.9. The van der Waals surface area contributed by atoms with Crippen molar-refractivity contribution in [3.05, 3.63) is 77.6 Å². The van der Waals surface area contributed by atoms with E-state index in [4.69, 9.17) is 4.98 Å². The van der Waals surface area contributed by atoms with Gasteiger partial charge in [-0.1, -0.05) is 26.0 Å². The molecule has 2 aliphatic heterocycles. The molecule has 1 aromatic heterocycles. The van der Waals surface area contributed by atoms with Crippen molar-refractivity contribution in [2.75, 3.05) is 44.2 Å². The van der Waals surface area contributed by atoms with Crippen molar-refractivity contribution in [3.8, 4) is 11.3 Å². The smallest absolute Gasteiger partial charge is 0.354 e. The molecule has 5 rings (SSSR count). The van der Waals surface area contributed by atoms with Crippen molar-refractivity contribution in [2.24, 2.45) is 5.92 Å². The Kier molecular flexibility index (Phi) is 10.0. The summed E-state index contributed by atoms with van der Waals surface area (Å²) in [5, 5.41) is 2.97. The number of halogens is 4. The molecule has 2 aromatic carbocycles. The molecule has 236 valence electrons. The highest BCUT2D eigenvalue weighted by atomic mass is 32.2. The van der Waals surface area contributed by atoms with E-state index >= 15 is 0 Å². The Labute approximate surface area is 257 Å². The molecule has 0 bridgehead atoms. The lowest BCUT2D eigenvalue weighted by Crippen LogP contribution is -2.47. The number of nitrogens with zero attached hydrogens (tertiary/aromatic N) is 4. The molecule has 2 aliphatic rings. The normalized spacial score (nSPS) is 19.0. The number of aromatic nitrogens is 1. The van der Waals surface area contributed by atoms with Gasteiger partial charge in [0.2, 0.25) is 5.91 Å². The fourth-order valence-electron chi connectivity index (χ4n) is 5.68. The maximum absolute atomic E-state index is 13.4. The van der Waals surface area contributed by atoms with Gasteiger partial charge in [-0.3, -0.25) is 9.69 Å². The number of benzene rings is 2. The molecule has 3 aromatic rings. The molecule has 1 N–H and O–H groups in total. The van der Waals surface area contributed by atoms with Gasteiger partial charge in [0.15, 0.2) is 0 Å². The number of nitrogens with one attached hydrogen (secondary N) is 1. The monoisotopic (exact) mass is 631 g/mol. The number of rotatable bonds is 9. The van der Waals surface area contributed by atoms with Crippen LogP contribution in [0.2, 0.25) is 0 Å². The van der Waals surface area contributed by atoms with E-state index in [1.807, 2.05) is 6.07 Å². The summed E-state index contributed by atoms with van der Waals surface area (Å²) in [6.07, 6.45) is -3.20. The summed E-state index contributed by atoms with van der Waals surface area (Å²) in [5.41, 5.74) is 1.09. The SMILES string of the molecule is CC(C)CN1CCN(c2cc(CNC(=O)[C@@H]3CCCN3S(=O)c3ccc(F)cc3)cc(-c3ccc(C(F)(F)F)cc3)n2)CC1. The molecule has 0 saturated carbocycles. The zero-order valence-corrected chi connectivity index (χ0v) is 25.6. The van der Waals surface area contributed by atoms with Gasteiger partial charge >= 0.3 is 6.18 Å². The highest BCUT2D eigenvalue weighted by Gasteiger charge is 2.35. The molecule has 0 aliphatic carbocycles. The molecule has 1 unspecified atom stereocenters. The van der Waals surface area contributed by atoms with Crippen LogP contribution in [-0.2, 0) is 28.5 Å². The number of anilines is 1. The second-order valence-corrected chi connectivity index (χ2v) is 13.1. The predicted octanol–water partition coefficient (Wildman–Crippen LogP) is 5.49. The summed E-state index contributed by atoms with van der Waals surface area (Å²) in [5.74, 6) is 0.568. The van der Waals surface area contributed by atoms with Crippen LogP contribution in [0.3, 0.4) is 0 Å². The third-order valence-electron chi connectivity index (χ3n) is 7.90. The standard InChI is InChI=1S/C32H37F4N5O2S/c1-22(2)21-39-14-16-40(17-15-39)30-19-23(18-28(38-30)24-5-7-25(8-6-24)32(34,35)36)20-37-31(42)29-4-3-13-41(29)44(43)27-11-9-26(33)10-12-27/h5-12,18-19,22,29H,3-4,13-17,20-21H2,1-2H3,(H,37,42)/t29-,44?/m0/s1. The number of piperazine rings is 1. The van der Waals surface area contributed by atoms with Crippen LogP contribution in [0, 0.1) is 11.7 Å². The molecule has 7 nitrogen and oxygen atoms in total. The highest BCUT2D eigenvalue weighted by molar-refractivity contribution is 7.82. The van der Waals surface area contributed by atoms with Crippen LogP contribution < -0.4 is 10.2 Å². The van der Waals surface area contributed by atoms with E-state index in [-0.39, 0.29) is 12.5 Å². The van der Waals surface area contributed by atoms with E-state index in [0.29, 0.717) is 47.3 Å². The average molecular weight is 632 g/mol. The largest absolute Gasteiger partial charge is 0.416 e. The summed E-state index contributed by atoms with van der Waals surface area (Å²) in [6, 6.07) is 13.4. The first-order valence-corrected chi connectivity index (χ1v) is 16.0. The highest BCUT2D eigenvalue weighted by Crippen LogP contribution is 2.32. The Balaban J connectivity index is 1.34. The van der Waals surface area contributed by atoms with Crippen molar-refractivity contribution in [1.29, 1.82) is 0 Å². The molecule has 2 atom stereocenters. The number of carbonyl (C=O) groups is 1. The summed E-state index contributed by atoms with van der Waals surface area (Å²) in [4.78, 5) is 23.2. The number of hydrogen-bond acceptors (Lipinski definition) is 5. The lowest BCUT2D eigenvalue weighted by atomic mass is 10.1. The van der Waals surface area contributed by atoms with Gasteiger partial charge < -0.3 is 10.2 Å². The predicted molar refractivity (Wildman–Crippen MR) is 163 cm³/mol. The minimum absolute atomic E-state index is 0.169. The Morgan fingerprint density at radius 3 is 2.32 bits per heavy atom. The summed E-state index contributed by atoms with van der Waals surface area (Å²) < 4.78 is 67.8. The topological polar surface area (TPSA) is 68.8 Å². The number of pyridine rings is 1. The quantitative estimate of drug-likeness (QED) is 0.317. The van der Waals surface area contributed by atoms with Gasteiger partial charge in [-0.05, 0) is 72.9 Å². The van der Waals surface area contributed by atoms with E-state index in [1.54, 1.807) is 10.4 Å². The second kappa shape index (κ2) is 13.7. The number of carbonyl (C=O) groups excluding carboxylic acids is 1. The Morgan fingerprint density at radius 1 is 1.00 bits per heavy atom. The van der Waals surface area contributed by atoms with Gasteiger partial charge in [-0.15, -0.1) is 0 Å². The fraction of sp³-hybridized carbons (Fsp3) is 0.438. The first-order chi connectivity index (χ1) is 21.0. The van der Waals surface area contributed by atoms with E-state index in [9.17, 15) is 26.6 Å². The number of alkyl halides is 3. The van der Waals surface area contributed by atoms with Crippen LogP contribution in [0.5, 0.6) is 0 Å². The van der Waals surface area contributed by atoms with Crippen LogP contribution in [0.1, 0.15) is 37.8 Å². The van der Waals surface area contributed by atoms with Crippen molar-refractivity contribution in [3.63, 3.8) is 0 Å². The van der Waals surface area contributed by atoms with Gasteiger partial charge in [0.25, 0.3) is 0 Å². The summed E-state index contributed by atoms with van der Waals surface area (Å²) >= 11 is 0. The molecular formula is C32H37F4N5O2S. The molecular weight excluding hydrogens is 594 g/mol. The number of amides is 1. The third kappa shape index (κ3) is 7.83. The van der Waals surface area contributed by atoms with Gasteiger partial charge in [0.1, 0.15) is 28.7 Å². The lowest BCUT2D eigenvalue weighted by molar-refractivity contribution is -0.137. The van der Waals surface area contributed by atoms with Crippen LogP contribution in [0.25, 0.3) is 11.3 Å². The van der Waals surface area contributed by atoms with E-state index < -0.39 is 34.6 Å². The minimum atomic E-state index is -4.44. The Bertz CT molecular complexity index is 1460. The number of hydrogen-bond donors (Lipinski definition) is 1. The molecule has 0 spiro atoms. The molecule has 2 saturated heterocycles. The van der Waals surface area contributed by atoms with Crippen molar-refractivity contribution >= 4 is 22.7 Å². The molecule has 12 heteroatoms. The molecule has 1 amide bonds. The van der Waals surface area contributed by atoms with Gasteiger partial charge in [-0.2, -0.15) is 13.2 Å². The maximum atomic E-state index is 13.4. The van der Waals surface area contributed by atoms with Gasteiger partial charge in [-0.25, -0.2) is 17.9 Å². The van der Waals surface area contributed by atoms with Crippen molar-refractivity contribution < 1.29 is 26.6 Å². The van der Waals surface area contributed by atoms with Gasteiger partial charge in [0.05, 0.1) is 16.2 Å². The molecule has 0 radical (unpaired) electrons. The van der Waals surface area contributed by atoms with E-state index in [0.717, 1.165) is 50.4 Å². The molecule has 2 fully saturated rings. The third-order valence-corrected chi connectivity index (χ3v) is 9.44. The summed E-state index contributed by atoms with van der Waals surface area (Å²) in [7, 11) is -1.61. The first kappa shape index (κ1) is 32.1. The zero-order chi connectivity index (χ0) is 31.4.